The maximum absolute atomic E-state index is 3.48. The van der Waals surface area contributed by atoms with Crippen LogP contribution in [0.5, 0.6) is 0 Å². The highest BCUT2D eigenvalue weighted by molar-refractivity contribution is 4.96. The number of rotatable bonds is 3. The number of hydrogen-bond acceptors (Lipinski definition) is 2. The Hall–Kier alpha value is -0.0800. The molecule has 0 amide bonds. The normalized spacial score (nSPS) is 39.0. The highest BCUT2D eigenvalue weighted by Gasteiger charge is 2.39. The van der Waals surface area contributed by atoms with Crippen molar-refractivity contribution in [2.24, 2.45) is 0 Å². The second kappa shape index (κ2) is 4.84. The summed E-state index contributed by atoms with van der Waals surface area (Å²) in [7, 11) is 2.12. The van der Waals surface area contributed by atoms with Crippen LogP contribution in [-0.2, 0) is 0 Å². The average Bonchev–Trinajstić information content (AvgIpc) is 2.26. The largest absolute Gasteiger partial charge is 0.317 e. The highest BCUT2D eigenvalue weighted by atomic mass is 15.2. The number of piperidine rings is 2. The van der Waals surface area contributed by atoms with Crippen LogP contribution in [0, 0.1) is 0 Å². The molecule has 2 aliphatic rings. The molecule has 15 heavy (non-hydrogen) atoms. The molecule has 0 saturated carbocycles. The van der Waals surface area contributed by atoms with Crippen molar-refractivity contribution in [3.05, 3.63) is 0 Å². The van der Waals surface area contributed by atoms with Crippen LogP contribution < -0.4 is 5.32 Å². The van der Waals surface area contributed by atoms with Gasteiger partial charge in [-0.2, -0.15) is 0 Å². The van der Waals surface area contributed by atoms with Gasteiger partial charge >= 0.3 is 0 Å². The lowest BCUT2D eigenvalue weighted by atomic mass is 9.80. The molecule has 3 atom stereocenters. The quantitative estimate of drug-likeness (QED) is 0.769. The Bertz CT molecular complexity index is 191. The first-order valence-corrected chi connectivity index (χ1v) is 6.71. The van der Waals surface area contributed by atoms with E-state index in [0.29, 0.717) is 0 Å². The molecule has 0 aromatic heterocycles. The molecule has 2 heteroatoms. The molecule has 2 fully saturated rings. The summed E-state index contributed by atoms with van der Waals surface area (Å²) in [5.74, 6) is 0. The van der Waals surface area contributed by atoms with Gasteiger partial charge in [-0.25, -0.2) is 0 Å². The summed E-state index contributed by atoms with van der Waals surface area (Å²) in [4.78, 5) is 2.83. The van der Waals surface area contributed by atoms with E-state index in [1.54, 1.807) is 0 Å². The molecule has 2 saturated heterocycles. The molecule has 0 aromatic carbocycles. The fourth-order valence-corrected chi connectivity index (χ4v) is 3.58. The zero-order valence-corrected chi connectivity index (χ0v) is 10.5. The minimum absolute atomic E-state index is 0.778. The molecule has 2 bridgehead atoms. The Labute approximate surface area is 94.4 Å². The summed E-state index contributed by atoms with van der Waals surface area (Å²) in [6.45, 7) is 4.73. The van der Waals surface area contributed by atoms with Crippen LogP contribution >= 0.6 is 0 Å². The van der Waals surface area contributed by atoms with Crippen LogP contribution in [0.4, 0.5) is 0 Å². The topological polar surface area (TPSA) is 15.3 Å². The van der Waals surface area contributed by atoms with Gasteiger partial charge in [-0.15, -0.1) is 0 Å². The zero-order valence-electron chi connectivity index (χ0n) is 10.5. The average molecular weight is 210 g/mol. The molecule has 2 nitrogen and oxygen atoms in total. The first-order valence-electron chi connectivity index (χ1n) is 6.71. The van der Waals surface area contributed by atoms with Crippen molar-refractivity contribution in [3.63, 3.8) is 0 Å². The maximum atomic E-state index is 3.48. The fraction of sp³-hybridized carbons (Fsp3) is 1.00. The summed E-state index contributed by atoms with van der Waals surface area (Å²) in [5.41, 5.74) is 0. The van der Waals surface area contributed by atoms with Crippen LogP contribution in [-0.4, -0.2) is 36.1 Å². The van der Waals surface area contributed by atoms with E-state index in [4.69, 9.17) is 0 Å². The summed E-state index contributed by atoms with van der Waals surface area (Å²) in [6.07, 6.45) is 8.36. The van der Waals surface area contributed by atoms with Crippen LogP contribution in [0.2, 0.25) is 0 Å². The van der Waals surface area contributed by atoms with Gasteiger partial charge in [0, 0.05) is 24.2 Å². The van der Waals surface area contributed by atoms with Gasteiger partial charge in [-0.05, 0) is 46.1 Å². The SMILES string of the molecule is CCC(C)N1C2CCCC1CC(NC)C2. The third kappa shape index (κ3) is 2.21. The summed E-state index contributed by atoms with van der Waals surface area (Å²) in [6, 6.07) is 3.30. The molecule has 0 spiro atoms. The van der Waals surface area contributed by atoms with E-state index in [1.165, 1.54) is 38.5 Å². The Kier molecular flexibility index (Phi) is 3.68. The van der Waals surface area contributed by atoms with Crippen molar-refractivity contribution >= 4 is 0 Å². The molecule has 1 N–H and O–H groups in total. The van der Waals surface area contributed by atoms with E-state index in [-0.39, 0.29) is 0 Å². The molecule has 0 aromatic rings. The summed E-state index contributed by atoms with van der Waals surface area (Å²) >= 11 is 0. The zero-order chi connectivity index (χ0) is 10.8. The van der Waals surface area contributed by atoms with Gasteiger partial charge in [0.15, 0.2) is 0 Å². The van der Waals surface area contributed by atoms with Gasteiger partial charge in [0.25, 0.3) is 0 Å². The Morgan fingerprint density at radius 1 is 1.27 bits per heavy atom. The van der Waals surface area contributed by atoms with Crippen molar-refractivity contribution in [2.75, 3.05) is 7.05 Å². The second-order valence-electron chi connectivity index (χ2n) is 5.40. The monoisotopic (exact) mass is 210 g/mol. The predicted octanol–water partition coefficient (Wildman–Crippen LogP) is 2.39. The lowest BCUT2D eigenvalue weighted by Gasteiger charge is -2.51. The van der Waals surface area contributed by atoms with Crippen molar-refractivity contribution in [2.45, 2.75) is 76.5 Å². The molecule has 2 heterocycles. The third-order valence-electron chi connectivity index (χ3n) is 4.54. The van der Waals surface area contributed by atoms with E-state index >= 15 is 0 Å². The Balaban J connectivity index is 2.06. The maximum Gasteiger partial charge on any atom is 0.0116 e. The van der Waals surface area contributed by atoms with Gasteiger partial charge in [-0.3, -0.25) is 4.90 Å². The smallest absolute Gasteiger partial charge is 0.0116 e. The predicted molar refractivity (Wildman–Crippen MR) is 65.1 cm³/mol. The molecular weight excluding hydrogens is 184 g/mol. The van der Waals surface area contributed by atoms with Crippen LogP contribution in [0.1, 0.15) is 52.4 Å². The van der Waals surface area contributed by atoms with Crippen molar-refractivity contribution < 1.29 is 0 Å². The lowest BCUT2D eigenvalue weighted by molar-refractivity contribution is -0.00522. The fourth-order valence-electron chi connectivity index (χ4n) is 3.58. The van der Waals surface area contributed by atoms with Crippen LogP contribution in [0.3, 0.4) is 0 Å². The summed E-state index contributed by atoms with van der Waals surface area (Å²) < 4.78 is 0. The van der Waals surface area contributed by atoms with Crippen LogP contribution in [0.25, 0.3) is 0 Å². The second-order valence-corrected chi connectivity index (χ2v) is 5.40. The molecule has 0 aliphatic carbocycles. The van der Waals surface area contributed by atoms with Gasteiger partial charge in [0.05, 0.1) is 0 Å². The van der Waals surface area contributed by atoms with Crippen LogP contribution in [0.15, 0.2) is 0 Å². The third-order valence-corrected chi connectivity index (χ3v) is 4.54. The lowest BCUT2D eigenvalue weighted by Crippen LogP contribution is -2.58. The van der Waals surface area contributed by atoms with E-state index in [0.717, 1.165) is 24.2 Å². The standard InChI is InChI=1S/C13H26N2/c1-4-10(2)15-12-6-5-7-13(15)9-11(8-12)14-3/h10-14H,4-9H2,1-3H3. The van der Waals surface area contributed by atoms with E-state index in [1.807, 2.05) is 0 Å². The van der Waals surface area contributed by atoms with Gasteiger partial charge in [0.1, 0.15) is 0 Å². The molecule has 2 rings (SSSR count). The van der Waals surface area contributed by atoms with E-state index < -0.39 is 0 Å². The number of hydrogen-bond donors (Lipinski definition) is 1. The molecule has 0 radical (unpaired) electrons. The van der Waals surface area contributed by atoms with Gasteiger partial charge < -0.3 is 5.32 Å². The molecule has 2 aliphatic heterocycles. The van der Waals surface area contributed by atoms with Crippen molar-refractivity contribution in [3.8, 4) is 0 Å². The number of nitrogens with one attached hydrogen (secondary N) is 1. The van der Waals surface area contributed by atoms with Crippen molar-refractivity contribution in [1.29, 1.82) is 0 Å². The first-order chi connectivity index (χ1) is 7.26. The molecule has 88 valence electrons. The highest BCUT2D eigenvalue weighted by Crippen LogP contribution is 2.35. The summed E-state index contributed by atoms with van der Waals surface area (Å²) in [5, 5.41) is 3.48. The van der Waals surface area contributed by atoms with Crippen molar-refractivity contribution in [1.82, 2.24) is 10.2 Å². The Morgan fingerprint density at radius 3 is 2.33 bits per heavy atom. The number of fused-ring (bicyclic) bond motifs is 2. The minimum atomic E-state index is 0.778. The van der Waals surface area contributed by atoms with E-state index in [2.05, 4.69) is 31.1 Å². The molecule has 3 unspecified atom stereocenters. The Morgan fingerprint density at radius 2 is 1.87 bits per heavy atom. The molecular formula is C13H26N2. The minimum Gasteiger partial charge on any atom is -0.317 e. The van der Waals surface area contributed by atoms with E-state index in [9.17, 15) is 0 Å². The number of nitrogens with zero attached hydrogens (tertiary/aromatic N) is 1. The van der Waals surface area contributed by atoms with Gasteiger partial charge in [0.2, 0.25) is 0 Å². The van der Waals surface area contributed by atoms with Gasteiger partial charge in [-0.1, -0.05) is 13.3 Å². The first kappa shape index (κ1) is 11.4.